The van der Waals surface area contributed by atoms with E-state index < -0.39 is 6.10 Å². The van der Waals surface area contributed by atoms with E-state index in [1.54, 1.807) is 12.1 Å². The van der Waals surface area contributed by atoms with Gasteiger partial charge in [-0.3, -0.25) is 0 Å². The van der Waals surface area contributed by atoms with Crippen LogP contribution in [0.5, 0.6) is 5.75 Å². The van der Waals surface area contributed by atoms with Gasteiger partial charge in [0.15, 0.2) is 0 Å². The van der Waals surface area contributed by atoms with E-state index in [-0.39, 0.29) is 18.3 Å². The first-order chi connectivity index (χ1) is 8.25. The maximum atomic E-state index is 12.7. The first-order valence-corrected chi connectivity index (χ1v) is 5.90. The molecule has 0 aromatic heterocycles. The highest BCUT2D eigenvalue weighted by Gasteiger charge is 2.22. The molecule has 17 heavy (non-hydrogen) atoms. The van der Waals surface area contributed by atoms with Gasteiger partial charge in [0.05, 0.1) is 6.10 Å². The van der Waals surface area contributed by atoms with Gasteiger partial charge in [-0.1, -0.05) is 0 Å². The number of ether oxygens (including phenoxy) is 2. The van der Waals surface area contributed by atoms with Gasteiger partial charge in [-0.15, -0.1) is 0 Å². The third kappa shape index (κ3) is 3.68. The SMILES string of the molecule is OC(COc1ccc(F)cc1)C1CCOCC1. The van der Waals surface area contributed by atoms with Crippen LogP contribution < -0.4 is 4.74 Å². The van der Waals surface area contributed by atoms with Crippen LogP contribution in [0.25, 0.3) is 0 Å². The number of benzene rings is 1. The standard InChI is InChI=1S/C13H17FO3/c14-11-1-3-12(4-2-11)17-9-13(15)10-5-7-16-8-6-10/h1-4,10,13,15H,5-9H2. The zero-order valence-corrected chi connectivity index (χ0v) is 9.64. The maximum absolute atomic E-state index is 12.7. The Kier molecular flexibility index (Phi) is 4.34. The molecule has 0 radical (unpaired) electrons. The molecule has 3 nitrogen and oxygen atoms in total. The van der Waals surface area contributed by atoms with E-state index in [2.05, 4.69) is 0 Å². The quantitative estimate of drug-likeness (QED) is 0.874. The van der Waals surface area contributed by atoms with Crippen molar-refractivity contribution in [3.05, 3.63) is 30.1 Å². The fraction of sp³-hybridized carbons (Fsp3) is 0.538. The number of hydrogen-bond donors (Lipinski definition) is 1. The summed E-state index contributed by atoms with van der Waals surface area (Å²) < 4.78 is 23.3. The number of hydrogen-bond acceptors (Lipinski definition) is 3. The molecule has 4 heteroatoms. The summed E-state index contributed by atoms with van der Waals surface area (Å²) in [5.74, 6) is 0.532. The van der Waals surface area contributed by atoms with Crippen LogP contribution in [0.1, 0.15) is 12.8 Å². The van der Waals surface area contributed by atoms with Gasteiger partial charge in [0.2, 0.25) is 0 Å². The summed E-state index contributed by atoms with van der Waals surface area (Å²) in [5.41, 5.74) is 0. The molecule has 1 N–H and O–H groups in total. The van der Waals surface area contributed by atoms with Crippen molar-refractivity contribution in [1.29, 1.82) is 0 Å². The van der Waals surface area contributed by atoms with Crippen LogP contribution in [0, 0.1) is 11.7 Å². The fourth-order valence-electron chi connectivity index (χ4n) is 1.95. The molecule has 1 heterocycles. The second-order valence-electron chi connectivity index (χ2n) is 4.28. The molecule has 0 spiro atoms. The van der Waals surface area contributed by atoms with Crippen LogP contribution in [0.2, 0.25) is 0 Å². The summed E-state index contributed by atoms with van der Waals surface area (Å²) in [4.78, 5) is 0. The third-order valence-corrected chi connectivity index (χ3v) is 3.04. The van der Waals surface area contributed by atoms with E-state index in [9.17, 15) is 9.50 Å². The minimum Gasteiger partial charge on any atom is -0.491 e. The van der Waals surface area contributed by atoms with Crippen molar-refractivity contribution in [2.24, 2.45) is 5.92 Å². The fourth-order valence-corrected chi connectivity index (χ4v) is 1.95. The number of rotatable bonds is 4. The number of halogens is 1. The summed E-state index contributed by atoms with van der Waals surface area (Å²) >= 11 is 0. The number of aliphatic hydroxyl groups excluding tert-OH is 1. The molecular formula is C13H17FO3. The maximum Gasteiger partial charge on any atom is 0.123 e. The molecule has 1 atom stereocenters. The molecule has 1 unspecified atom stereocenters. The molecular weight excluding hydrogens is 223 g/mol. The lowest BCUT2D eigenvalue weighted by molar-refractivity contribution is -0.0101. The molecule has 0 aliphatic carbocycles. The normalized spacial score (nSPS) is 18.9. The molecule has 2 rings (SSSR count). The Morgan fingerprint density at radius 2 is 1.94 bits per heavy atom. The van der Waals surface area contributed by atoms with Gasteiger partial charge >= 0.3 is 0 Å². The molecule has 1 aliphatic heterocycles. The Morgan fingerprint density at radius 1 is 1.29 bits per heavy atom. The molecule has 0 amide bonds. The second-order valence-corrected chi connectivity index (χ2v) is 4.28. The van der Waals surface area contributed by atoms with E-state index in [1.807, 2.05) is 0 Å². The third-order valence-electron chi connectivity index (χ3n) is 3.04. The first kappa shape index (κ1) is 12.3. The zero-order chi connectivity index (χ0) is 12.1. The van der Waals surface area contributed by atoms with Crippen molar-refractivity contribution < 1.29 is 19.0 Å². The topological polar surface area (TPSA) is 38.7 Å². The van der Waals surface area contributed by atoms with Crippen LogP contribution in [0.4, 0.5) is 4.39 Å². The summed E-state index contributed by atoms with van der Waals surface area (Å²) in [6.45, 7) is 1.66. The highest BCUT2D eigenvalue weighted by Crippen LogP contribution is 2.20. The van der Waals surface area contributed by atoms with Gasteiger partial charge in [-0.2, -0.15) is 0 Å². The van der Waals surface area contributed by atoms with Crippen molar-refractivity contribution >= 4 is 0 Å². The van der Waals surface area contributed by atoms with E-state index in [4.69, 9.17) is 9.47 Å². The number of aliphatic hydroxyl groups is 1. The molecule has 1 aliphatic rings. The van der Waals surface area contributed by atoms with Gasteiger partial charge in [0, 0.05) is 13.2 Å². The minimum atomic E-state index is -0.482. The lowest BCUT2D eigenvalue weighted by Gasteiger charge is -2.26. The first-order valence-electron chi connectivity index (χ1n) is 5.90. The van der Waals surface area contributed by atoms with Crippen molar-refractivity contribution in [3.63, 3.8) is 0 Å². The van der Waals surface area contributed by atoms with Crippen LogP contribution in [-0.4, -0.2) is 31.0 Å². The van der Waals surface area contributed by atoms with E-state index in [0.29, 0.717) is 19.0 Å². The molecule has 1 aromatic rings. The van der Waals surface area contributed by atoms with E-state index in [1.165, 1.54) is 12.1 Å². The van der Waals surface area contributed by atoms with Crippen LogP contribution in [-0.2, 0) is 4.74 Å². The smallest absolute Gasteiger partial charge is 0.123 e. The summed E-state index contributed by atoms with van der Waals surface area (Å²) in [6, 6.07) is 5.81. The lowest BCUT2D eigenvalue weighted by atomic mass is 9.94. The summed E-state index contributed by atoms with van der Waals surface area (Å²) in [6.07, 6.45) is 1.26. The zero-order valence-electron chi connectivity index (χ0n) is 9.64. The largest absolute Gasteiger partial charge is 0.491 e. The molecule has 1 aromatic carbocycles. The van der Waals surface area contributed by atoms with Crippen molar-refractivity contribution in [2.75, 3.05) is 19.8 Å². The summed E-state index contributed by atoms with van der Waals surface area (Å²) in [7, 11) is 0. The Morgan fingerprint density at radius 3 is 2.59 bits per heavy atom. The second kappa shape index (κ2) is 5.98. The van der Waals surface area contributed by atoms with E-state index >= 15 is 0 Å². The van der Waals surface area contributed by atoms with Gasteiger partial charge < -0.3 is 14.6 Å². The van der Waals surface area contributed by atoms with Crippen LogP contribution in [0.15, 0.2) is 24.3 Å². The predicted molar refractivity (Wildman–Crippen MR) is 61.4 cm³/mol. The highest BCUT2D eigenvalue weighted by atomic mass is 19.1. The van der Waals surface area contributed by atoms with Crippen molar-refractivity contribution in [1.82, 2.24) is 0 Å². The van der Waals surface area contributed by atoms with Gasteiger partial charge in [0.1, 0.15) is 18.2 Å². The van der Waals surface area contributed by atoms with E-state index in [0.717, 1.165) is 12.8 Å². The highest BCUT2D eigenvalue weighted by molar-refractivity contribution is 5.22. The molecule has 1 fully saturated rings. The van der Waals surface area contributed by atoms with Crippen molar-refractivity contribution in [3.8, 4) is 5.75 Å². The minimum absolute atomic E-state index is 0.240. The molecule has 0 bridgehead atoms. The summed E-state index contributed by atoms with van der Waals surface area (Å²) in [5, 5.41) is 9.94. The Bertz CT molecular complexity index is 333. The van der Waals surface area contributed by atoms with Gasteiger partial charge in [-0.05, 0) is 43.0 Å². The van der Waals surface area contributed by atoms with Crippen LogP contribution in [0.3, 0.4) is 0 Å². The molecule has 1 saturated heterocycles. The average Bonchev–Trinajstić information content (AvgIpc) is 2.39. The van der Waals surface area contributed by atoms with Crippen LogP contribution >= 0.6 is 0 Å². The molecule has 94 valence electrons. The Labute approximate surface area is 100 Å². The lowest BCUT2D eigenvalue weighted by Crippen LogP contribution is -2.31. The molecule has 0 saturated carbocycles. The van der Waals surface area contributed by atoms with Crippen molar-refractivity contribution in [2.45, 2.75) is 18.9 Å². The Balaban J connectivity index is 1.78. The predicted octanol–water partition coefficient (Wildman–Crippen LogP) is 1.99. The van der Waals surface area contributed by atoms with Gasteiger partial charge in [-0.25, -0.2) is 4.39 Å². The Hall–Kier alpha value is -1.13. The van der Waals surface area contributed by atoms with Gasteiger partial charge in [0.25, 0.3) is 0 Å². The average molecular weight is 240 g/mol. The monoisotopic (exact) mass is 240 g/mol.